The van der Waals surface area contributed by atoms with Crippen molar-refractivity contribution >= 4 is 6.08 Å². The Balaban J connectivity index is 1.33. The van der Waals surface area contributed by atoms with Gasteiger partial charge in [-0.15, -0.1) is 0 Å². The van der Waals surface area contributed by atoms with E-state index in [4.69, 9.17) is 0 Å². The molecule has 1 aromatic carbocycles. The lowest BCUT2D eigenvalue weighted by Gasteiger charge is -2.40. The van der Waals surface area contributed by atoms with Crippen LogP contribution in [0.5, 0.6) is 0 Å². The first-order valence-corrected chi connectivity index (χ1v) is 10.3. The zero-order chi connectivity index (χ0) is 16.4. The minimum Gasteiger partial charge on any atom is -0.300 e. The number of nitrogens with zero attached hydrogens (tertiary/aromatic N) is 1. The van der Waals surface area contributed by atoms with Gasteiger partial charge in [-0.25, -0.2) is 0 Å². The molecule has 1 nitrogen and oxygen atoms in total. The van der Waals surface area contributed by atoms with Crippen LogP contribution in [-0.4, -0.2) is 24.0 Å². The van der Waals surface area contributed by atoms with E-state index in [2.05, 4.69) is 42.2 Å². The van der Waals surface area contributed by atoms with Crippen LogP contribution in [0.3, 0.4) is 0 Å². The maximum atomic E-state index is 2.73. The lowest BCUT2D eigenvalue weighted by atomic mass is 9.79. The molecule has 0 N–H and O–H groups in total. The number of rotatable bonds is 3. The number of piperidine rings is 1. The first kappa shape index (κ1) is 16.4. The van der Waals surface area contributed by atoms with Gasteiger partial charge in [0.25, 0.3) is 0 Å². The minimum atomic E-state index is 0.814. The number of hydrogen-bond acceptors (Lipinski definition) is 1. The van der Waals surface area contributed by atoms with E-state index < -0.39 is 0 Å². The number of hydrogen-bond donors (Lipinski definition) is 0. The van der Waals surface area contributed by atoms with Crippen molar-refractivity contribution in [3.63, 3.8) is 0 Å². The second-order valence-corrected chi connectivity index (χ2v) is 8.55. The smallest absolute Gasteiger partial charge is 0.00955 e. The van der Waals surface area contributed by atoms with Gasteiger partial charge < -0.3 is 0 Å². The minimum absolute atomic E-state index is 0.814. The maximum absolute atomic E-state index is 2.73. The van der Waals surface area contributed by atoms with E-state index in [-0.39, 0.29) is 0 Å². The number of benzene rings is 1. The molecule has 0 aromatic heterocycles. The van der Waals surface area contributed by atoms with Crippen LogP contribution in [0.4, 0.5) is 0 Å². The molecule has 0 spiro atoms. The Hall–Kier alpha value is -1.08. The summed E-state index contributed by atoms with van der Waals surface area (Å²) in [5, 5.41) is 0. The van der Waals surface area contributed by atoms with Gasteiger partial charge in [-0.2, -0.15) is 0 Å². The highest BCUT2D eigenvalue weighted by molar-refractivity contribution is 5.53. The summed E-state index contributed by atoms with van der Waals surface area (Å²) < 4.78 is 0. The average Bonchev–Trinajstić information content (AvgIpc) is 2.57. The van der Waals surface area contributed by atoms with Gasteiger partial charge in [0.15, 0.2) is 0 Å². The van der Waals surface area contributed by atoms with Crippen LogP contribution in [0.1, 0.15) is 81.8 Å². The second-order valence-electron chi connectivity index (χ2n) is 8.55. The van der Waals surface area contributed by atoms with Gasteiger partial charge in [-0.3, -0.25) is 4.90 Å². The molecule has 3 fully saturated rings. The fourth-order valence-electron chi connectivity index (χ4n) is 4.77. The molecule has 0 radical (unpaired) electrons. The van der Waals surface area contributed by atoms with Crippen molar-refractivity contribution in [2.24, 2.45) is 5.92 Å². The molecule has 1 heterocycles. The molecular weight excluding hydrogens is 290 g/mol. The predicted molar refractivity (Wildman–Crippen MR) is 103 cm³/mol. The van der Waals surface area contributed by atoms with E-state index in [0.717, 1.165) is 17.9 Å². The van der Waals surface area contributed by atoms with Crippen molar-refractivity contribution in [2.75, 3.05) is 13.1 Å². The largest absolute Gasteiger partial charge is 0.300 e. The molecule has 1 aliphatic heterocycles. The van der Waals surface area contributed by atoms with E-state index >= 15 is 0 Å². The maximum Gasteiger partial charge on any atom is 0.00955 e. The van der Waals surface area contributed by atoms with Crippen molar-refractivity contribution in [1.82, 2.24) is 4.90 Å². The fourth-order valence-corrected chi connectivity index (χ4v) is 4.77. The van der Waals surface area contributed by atoms with Crippen molar-refractivity contribution in [2.45, 2.75) is 76.7 Å². The molecular formula is C23H33N. The molecule has 1 aromatic rings. The molecule has 0 bridgehead atoms. The highest BCUT2D eigenvalue weighted by atomic mass is 15.2. The molecule has 0 unspecified atom stereocenters. The summed E-state index contributed by atoms with van der Waals surface area (Å²) in [5.41, 5.74) is 4.64. The van der Waals surface area contributed by atoms with Gasteiger partial charge >= 0.3 is 0 Å². The molecule has 2 aliphatic carbocycles. The Morgan fingerprint density at radius 3 is 2.12 bits per heavy atom. The van der Waals surface area contributed by atoms with E-state index in [0.29, 0.717) is 0 Å². The van der Waals surface area contributed by atoms with Crippen molar-refractivity contribution in [3.8, 4) is 0 Å². The van der Waals surface area contributed by atoms with Gasteiger partial charge in [0.05, 0.1) is 0 Å². The zero-order valence-electron chi connectivity index (χ0n) is 15.3. The van der Waals surface area contributed by atoms with Gasteiger partial charge in [0.2, 0.25) is 0 Å². The summed E-state index contributed by atoms with van der Waals surface area (Å²) in [6.45, 7) is 4.98. The fraction of sp³-hybridized carbons (Fsp3) is 0.652. The predicted octanol–water partition coefficient (Wildman–Crippen LogP) is 6.01. The quantitative estimate of drug-likeness (QED) is 0.658. The first-order valence-electron chi connectivity index (χ1n) is 10.3. The molecule has 1 heteroatoms. The summed E-state index contributed by atoms with van der Waals surface area (Å²) in [4.78, 5) is 2.73. The van der Waals surface area contributed by atoms with Gasteiger partial charge in [0.1, 0.15) is 0 Å². The van der Waals surface area contributed by atoms with Crippen LogP contribution in [-0.2, 0) is 0 Å². The molecule has 0 atom stereocenters. The summed E-state index contributed by atoms with van der Waals surface area (Å²) >= 11 is 0. The van der Waals surface area contributed by atoms with Gasteiger partial charge in [-0.1, -0.05) is 62.1 Å². The Kier molecular flexibility index (Phi) is 5.08. The summed E-state index contributed by atoms with van der Waals surface area (Å²) in [7, 11) is 0. The van der Waals surface area contributed by atoms with Crippen molar-refractivity contribution in [3.05, 3.63) is 41.0 Å². The third kappa shape index (κ3) is 3.77. The Morgan fingerprint density at radius 1 is 0.875 bits per heavy atom. The van der Waals surface area contributed by atoms with Crippen molar-refractivity contribution < 1.29 is 0 Å². The normalized spacial score (nSPS) is 29.3. The Bertz CT molecular complexity index is 548. The zero-order valence-corrected chi connectivity index (χ0v) is 15.3. The van der Waals surface area contributed by atoms with Gasteiger partial charge in [0, 0.05) is 19.1 Å². The lowest BCUT2D eigenvalue weighted by molar-refractivity contribution is 0.118. The average molecular weight is 324 g/mol. The first-order chi connectivity index (χ1) is 11.8. The van der Waals surface area contributed by atoms with E-state index in [9.17, 15) is 0 Å². The Morgan fingerprint density at radius 2 is 1.54 bits per heavy atom. The topological polar surface area (TPSA) is 3.24 Å². The third-order valence-electron chi connectivity index (χ3n) is 6.83. The molecule has 4 rings (SSSR count). The lowest BCUT2D eigenvalue weighted by Crippen LogP contribution is -2.43. The van der Waals surface area contributed by atoms with Crippen LogP contribution >= 0.6 is 0 Å². The monoisotopic (exact) mass is 323 g/mol. The van der Waals surface area contributed by atoms with Gasteiger partial charge in [-0.05, 0) is 61.5 Å². The van der Waals surface area contributed by atoms with Crippen LogP contribution in [0, 0.1) is 5.92 Å². The molecule has 3 aliphatic rings. The van der Waals surface area contributed by atoms with E-state index in [1.165, 1.54) is 76.4 Å². The van der Waals surface area contributed by atoms with Crippen LogP contribution < -0.4 is 0 Å². The SMILES string of the molecule is CC1CCC(c2ccc(C=C3CCN(C4CCC4)CC3)cc2)CC1. The summed E-state index contributed by atoms with van der Waals surface area (Å²) in [6.07, 6.45) is 15.0. The number of likely N-dealkylation sites (tertiary alicyclic amines) is 1. The second kappa shape index (κ2) is 7.44. The molecule has 1 saturated heterocycles. The molecule has 130 valence electrons. The highest BCUT2D eigenvalue weighted by Crippen LogP contribution is 2.35. The third-order valence-corrected chi connectivity index (χ3v) is 6.83. The molecule has 24 heavy (non-hydrogen) atoms. The summed E-state index contributed by atoms with van der Waals surface area (Å²) in [6, 6.07) is 10.4. The molecule has 0 amide bonds. The molecule has 2 saturated carbocycles. The highest BCUT2D eigenvalue weighted by Gasteiger charge is 2.26. The van der Waals surface area contributed by atoms with Crippen LogP contribution in [0.25, 0.3) is 6.08 Å². The van der Waals surface area contributed by atoms with E-state index in [1.807, 2.05) is 0 Å². The van der Waals surface area contributed by atoms with Crippen molar-refractivity contribution in [1.29, 1.82) is 0 Å². The van der Waals surface area contributed by atoms with Crippen LogP contribution in [0.2, 0.25) is 0 Å². The summed E-state index contributed by atoms with van der Waals surface area (Å²) in [5.74, 6) is 1.75. The van der Waals surface area contributed by atoms with E-state index in [1.54, 1.807) is 11.1 Å². The standard InChI is InChI=1S/C23H33N/c1-18-5-9-21(10-6-18)22-11-7-19(8-12-22)17-20-13-15-24(16-14-20)23-3-2-4-23/h7-8,11-12,17-18,21,23H,2-6,9-10,13-16H2,1H3. The van der Waals surface area contributed by atoms with Crippen LogP contribution in [0.15, 0.2) is 29.8 Å². The Labute approximate surface area is 148 Å².